The largest absolute Gasteiger partial charge is 0.340 e. The second kappa shape index (κ2) is 10.8. The van der Waals surface area contributed by atoms with Crippen molar-refractivity contribution in [1.82, 2.24) is 19.4 Å². The highest BCUT2D eigenvalue weighted by Gasteiger charge is 2.35. The van der Waals surface area contributed by atoms with E-state index in [1.54, 1.807) is 25.3 Å². The van der Waals surface area contributed by atoms with E-state index in [0.717, 1.165) is 16.8 Å². The summed E-state index contributed by atoms with van der Waals surface area (Å²) in [5.41, 5.74) is 2.71. The third-order valence-electron chi connectivity index (χ3n) is 5.57. The van der Waals surface area contributed by atoms with Crippen LogP contribution in [-0.4, -0.2) is 38.0 Å². The summed E-state index contributed by atoms with van der Waals surface area (Å²) in [7, 11) is -7.27. The zero-order chi connectivity index (χ0) is 26.6. The number of hydrogen-bond donors (Lipinski definition) is 4. The standard InChI is InChI=1S/C24H28N6O5S2/c1-3-22(31)30-37(34,35)21-9-5-8-19(13-21)28-24-25-14-16(2)23(29-24)27-18-7-4-6-17(12-18)15-26-36(32,33)20-10-11-20/h4-9,12-14,20,26H,3,10-11,15H2,1-2H3,(H,30,31)(H2,25,27,28,29). The van der Waals surface area contributed by atoms with Crippen LogP contribution in [-0.2, 0) is 31.4 Å². The normalized spacial score (nSPS) is 13.7. The van der Waals surface area contributed by atoms with Crippen molar-refractivity contribution in [2.75, 3.05) is 10.6 Å². The molecule has 0 unspecified atom stereocenters. The Kier molecular flexibility index (Phi) is 7.76. The van der Waals surface area contributed by atoms with E-state index >= 15 is 0 Å². The Balaban J connectivity index is 1.47. The number of rotatable bonds is 11. The molecule has 0 atom stereocenters. The monoisotopic (exact) mass is 544 g/mol. The molecule has 1 aliphatic carbocycles. The van der Waals surface area contributed by atoms with Crippen LogP contribution in [0.1, 0.15) is 37.3 Å². The highest BCUT2D eigenvalue weighted by molar-refractivity contribution is 7.90. The quantitative estimate of drug-likeness (QED) is 0.284. The van der Waals surface area contributed by atoms with Gasteiger partial charge in [-0.25, -0.2) is 31.3 Å². The molecule has 3 aromatic rings. The van der Waals surface area contributed by atoms with Gasteiger partial charge in [-0.3, -0.25) is 4.79 Å². The van der Waals surface area contributed by atoms with Crippen LogP contribution in [0.4, 0.5) is 23.1 Å². The average molecular weight is 545 g/mol. The SMILES string of the molecule is CCC(=O)NS(=O)(=O)c1cccc(Nc2ncc(C)c(Nc3cccc(CNS(=O)(=O)C4CC4)c3)n2)c1. The number of anilines is 4. The number of benzene rings is 2. The maximum atomic E-state index is 12.4. The van der Waals surface area contributed by atoms with Gasteiger partial charge in [0, 0.05) is 36.1 Å². The van der Waals surface area contributed by atoms with E-state index in [4.69, 9.17) is 0 Å². The zero-order valence-corrected chi connectivity index (χ0v) is 22.0. The van der Waals surface area contributed by atoms with Crippen LogP contribution in [0.15, 0.2) is 59.6 Å². The molecule has 0 aliphatic heterocycles. The maximum absolute atomic E-state index is 12.4. The van der Waals surface area contributed by atoms with E-state index in [1.165, 1.54) is 12.1 Å². The summed E-state index contributed by atoms with van der Waals surface area (Å²) < 4.78 is 53.7. The summed E-state index contributed by atoms with van der Waals surface area (Å²) in [5, 5.41) is 5.93. The molecule has 0 spiro atoms. The number of nitrogens with one attached hydrogen (secondary N) is 4. The number of carbonyl (C=O) groups is 1. The molecule has 4 rings (SSSR count). The molecule has 4 N–H and O–H groups in total. The second-order valence-electron chi connectivity index (χ2n) is 8.65. The minimum atomic E-state index is -4.00. The molecule has 11 nitrogen and oxygen atoms in total. The van der Waals surface area contributed by atoms with Crippen LogP contribution in [0.3, 0.4) is 0 Å². The van der Waals surface area contributed by atoms with Crippen LogP contribution in [0, 0.1) is 6.92 Å². The Hall–Kier alpha value is -3.55. The van der Waals surface area contributed by atoms with Crippen molar-refractivity contribution < 1.29 is 21.6 Å². The Morgan fingerprint density at radius 1 is 1.00 bits per heavy atom. The Morgan fingerprint density at radius 2 is 1.70 bits per heavy atom. The molecule has 37 heavy (non-hydrogen) atoms. The Morgan fingerprint density at radius 3 is 2.41 bits per heavy atom. The number of sulfonamides is 2. The van der Waals surface area contributed by atoms with Gasteiger partial charge < -0.3 is 10.6 Å². The van der Waals surface area contributed by atoms with Gasteiger partial charge in [0.2, 0.25) is 21.9 Å². The van der Waals surface area contributed by atoms with Crippen LogP contribution >= 0.6 is 0 Å². The summed E-state index contributed by atoms with van der Waals surface area (Å²) in [4.78, 5) is 20.3. The smallest absolute Gasteiger partial charge is 0.264 e. The highest BCUT2D eigenvalue weighted by Crippen LogP contribution is 2.28. The number of nitrogens with zero attached hydrogens (tertiary/aromatic N) is 2. The molecule has 0 saturated heterocycles. The lowest BCUT2D eigenvalue weighted by atomic mass is 10.2. The van der Waals surface area contributed by atoms with Crippen molar-refractivity contribution in [1.29, 1.82) is 0 Å². The highest BCUT2D eigenvalue weighted by atomic mass is 32.2. The summed E-state index contributed by atoms with van der Waals surface area (Å²) in [6, 6.07) is 13.3. The minimum absolute atomic E-state index is 0.0448. The summed E-state index contributed by atoms with van der Waals surface area (Å²) in [5.74, 6) is 0.154. The zero-order valence-electron chi connectivity index (χ0n) is 20.4. The number of hydrogen-bond acceptors (Lipinski definition) is 9. The van der Waals surface area contributed by atoms with E-state index in [0.29, 0.717) is 24.3 Å². The van der Waals surface area contributed by atoms with Crippen molar-refractivity contribution in [3.05, 3.63) is 65.9 Å². The van der Waals surface area contributed by atoms with Crippen molar-refractivity contribution in [2.24, 2.45) is 0 Å². The predicted octanol–water partition coefficient (Wildman–Crippen LogP) is 3.07. The van der Waals surface area contributed by atoms with E-state index in [-0.39, 0.29) is 29.1 Å². The molecular formula is C24H28N6O5S2. The van der Waals surface area contributed by atoms with Gasteiger partial charge in [-0.2, -0.15) is 4.98 Å². The third-order valence-corrected chi connectivity index (χ3v) is 8.84. The van der Waals surface area contributed by atoms with E-state index in [9.17, 15) is 21.6 Å². The number of aryl methyl sites for hydroxylation is 1. The van der Waals surface area contributed by atoms with Crippen molar-refractivity contribution in [3.8, 4) is 0 Å². The number of amides is 1. The molecule has 1 aromatic heterocycles. The van der Waals surface area contributed by atoms with Gasteiger partial charge in [0.25, 0.3) is 10.0 Å². The molecule has 0 bridgehead atoms. The first-order valence-corrected chi connectivity index (χ1v) is 14.7. The lowest BCUT2D eigenvalue weighted by Crippen LogP contribution is -2.29. The fraction of sp³-hybridized carbons (Fsp3) is 0.292. The first-order chi connectivity index (χ1) is 17.6. The van der Waals surface area contributed by atoms with Gasteiger partial charge in [-0.15, -0.1) is 0 Å². The topological polar surface area (TPSA) is 159 Å². The Bertz CT molecular complexity index is 1520. The van der Waals surface area contributed by atoms with Crippen molar-refractivity contribution >= 4 is 49.1 Å². The molecule has 1 heterocycles. The molecule has 1 aliphatic rings. The van der Waals surface area contributed by atoms with E-state index in [1.807, 2.05) is 35.9 Å². The molecule has 196 valence electrons. The molecule has 1 fully saturated rings. The average Bonchev–Trinajstić information content (AvgIpc) is 3.72. The van der Waals surface area contributed by atoms with Gasteiger partial charge in [0.1, 0.15) is 5.82 Å². The van der Waals surface area contributed by atoms with Gasteiger partial charge in [0.05, 0.1) is 10.1 Å². The molecule has 0 radical (unpaired) electrons. The molecule has 13 heteroatoms. The van der Waals surface area contributed by atoms with Gasteiger partial charge in [-0.1, -0.05) is 25.1 Å². The summed E-state index contributed by atoms with van der Waals surface area (Å²) in [6.45, 7) is 3.60. The predicted molar refractivity (Wildman–Crippen MR) is 141 cm³/mol. The molecule has 2 aromatic carbocycles. The van der Waals surface area contributed by atoms with Crippen LogP contribution in [0.5, 0.6) is 0 Å². The molecule has 1 saturated carbocycles. The van der Waals surface area contributed by atoms with Crippen LogP contribution in [0.2, 0.25) is 0 Å². The fourth-order valence-corrected chi connectivity index (χ4v) is 5.82. The van der Waals surface area contributed by atoms with Gasteiger partial charge in [-0.05, 0) is 55.7 Å². The van der Waals surface area contributed by atoms with E-state index < -0.39 is 26.0 Å². The summed E-state index contributed by atoms with van der Waals surface area (Å²) >= 11 is 0. The van der Waals surface area contributed by atoms with Crippen molar-refractivity contribution in [2.45, 2.75) is 49.8 Å². The van der Waals surface area contributed by atoms with E-state index in [2.05, 4.69) is 25.3 Å². The maximum Gasteiger partial charge on any atom is 0.264 e. The number of aromatic nitrogens is 2. The minimum Gasteiger partial charge on any atom is -0.340 e. The Labute approximate surface area is 216 Å². The molecule has 1 amide bonds. The fourth-order valence-electron chi connectivity index (χ4n) is 3.36. The van der Waals surface area contributed by atoms with Gasteiger partial charge in [0.15, 0.2) is 0 Å². The first-order valence-electron chi connectivity index (χ1n) is 11.7. The first kappa shape index (κ1) is 26.5. The lowest BCUT2D eigenvalue weighted by molar-refractivity contribution is -0.119. The number of carbonyl (C=O) groups excluding carboxylic acids is 1. The third kappa shape index (κ3) is 7.02. The van der Waals surface area contributed by atoms with Crippen molar-refractivity contribution in [3.63, 3.8) is 0 Å². The molecular weight excluding hydrogens is 516 g/mol. The summed E-state index contributed by atoms with van der Waals surface area (Å²) in [6.07, 6.45) is 3.07. The van der Waals surface area contributed by atoms with Gasteiger partial charge >= 0.3 is 0 Å². The lowest BCUT2D eigenvalue weighted by Gasteiger charge is -2.13. The van der Waals surface area contributed by atoms with Crippen LogP contribution in [0.25, 0.3) is 0 Å². The van der Waals surface area contributed by atoms with Crippen LogP contribution < -0.4 is 20.1 Å². The second-order valence-corrected chi connectivity index (χ2v) is 12.4.